The Balaban J connectivity index is 1.61. The summed E-state index contributed by atoms with van der Waals surface area (Å²) in [6, 6.07) is 2.61. The molecule has 0 bridgehead atoms. The number of alkyl halides is 2. The van der Waals surface area contributed by atoms with Gasteiger partial charge in [0.05, 0.1) is 5.52 Å². The molecule has 7 nitrogen and oxygen atoms in total. The number of halogens is 3. The van der Waals surface area contributed by atoms with Crippen LogP contribution in [0.15, 0.2) is 23.5 Å². The van der Waals surface area contributed by atoms with Crippen LogP contribution in [0.5, 0.6) is 0 Å². The van der Waals surface area contributed by atoms with Crippen molar-refractivity contribution >= 4 is 20.9 Å². The molecule has 1 saturated carbocycles. The van der Waals surface area contributed by atoms with Crippen LogP contribution in [0.4, 0.5) is 13.2 Å². The largest absolute Gasteiger partial charge is 0.342 e. The molecule has 3 aromatic rings. The van der Waals surface area contributed by atoms with Gasteiger partial charge in [0.15, 0.2) is 5.82 Å². The van der Waals surface area contributed by atoms with Crippen LogP contribution in [-0.4, -0.2) is 51.5 Å². The van der Waals surface area contributed by atoms with Crippen molar-refractivity contribution in [1.82, 2.24) is 24.1 Å². The first-order valence-electron chi connectivity index (χ1n) is 8.66. The summed E-state index contributed by atoms with van der Waals surface area (Å²) < 4.78 is 69.7. The minimum absolute atomic E-state index is 0.0151. The van der Waals surface area contributed by atoms with Gasteiger partial charge in [-0.15, -0.1) is 0 Å². The van der Waals surface area contributed by atoms with Gasteiger partial charge in [-0.2, -0.15) is 9.40 Å². The highest BCUT2D eigenvalue weighted by molar-refractivity contribution is 7.89. The SMILES string of the molecule is Cc1cc(F)c2[nH]c(S(=O)(=O)N3CC4C(C3)C4(F)F)cc2c1-c1ncn(C)n1. The fourth-order valence-corrected chi connectivity index (χ4v) is 5.55. The minimum Gasteiger partial charge on any atom is -0.342 e. The van der Waals surface area contributed by atoms with E-state index in [0.717, 1.165) is 4.31 Å². The smallest absolute Gasteiger partial charge is 0.258 e. The number of aromatic amines is 1. The molecule has 3 heterocycles. The molecule has 2 aromatic heterocycles. The standard InChI is InChI=1S/C17H16F3N5O2S/c1-8-3-12(18)15-9(14(8)16-21-7-24(2)23-16)4-13(22-15)28(26,27)25-5-10-11(6-25)17(10,19)20/h3-4,7,10-11,22H,5-6H2,1-2H3. The van der Waals surface area contributed by atoms with E-state index in [0.29, 0.717) is 22.3 Å². The fourth-order valence-electron chi connectivity index (χ4n) is 4.06. The van der Waals surface area contributed by atoms with Crippen molar-refractivity contribution in [2.24, 2.45) is 18.9 Å². The van der Waals surface area contributed by atoms with Crippen LogP contribution in [0, 0.1) is 24.6 Å². The molecular formula is C17H16F3N5O2S. The van der Waals surface area contributed by atoms with Gasteiger partial charge >= 0.3 is 0 Å². The second-order valence-corrected chi connectivity index (χ2v) is 9.33. The zero-order chi connectivity index (χ0) is 20.0. The minimum atomic E-state index is -4.04. The number of hydrogen-bond acceptors (Lipinski definition) is 4. The predicted molar refractivity (Wildman–Crippen MR) is 93.7 cm³/mol. The molecule has 1 aromatic carbocycles. The predicted octanol–water partition coefficient (Wildman–Crippen LogP) is 2.30. The Bertz CT molecular complexity index is 1220. The number of nitrogens with zero attached hydrogens (tertiary/aromatic N) is 4. The molecule has 1 N–H and O–H groups in total. The molecule has 5 rings (SSSR count). The van der Waals surface area contributed by atoms with Crippen LogP contribution in [0.2, 0.25) is 0 Å². The number of piperidine rings is 1. The van der Waals surface area contributed by atoms with Crippen molar-refractivity contribution in [3.05, 3.63) is 29.8 Å². The molecular weight excluding hydrogens is 395 g/mol. The van der Waals surface area contributed by atoms with E-state index in [1.54, 1.807) is 14.0 Å². The van der Waals surface area contributed by atoms with E-state index in [1.807, 2.05) is 0 Å². The Morgan fingerprint density at radius 3 is 2.54 bits per heavy atom. The maximum absolute atomic E-state index is 14.5. The first kappa shape index (κ1) is 17.7. The van der Waals surface area contributed by atoms with Gasteiger partial charge < -0.3 is 4.98 Å². The maximum Gasteiger partial charge on any atom is 0.258 e. The molecule has 2 atom stereocenters. The number of sulfonamides is 1. The molecule has 1 saturated heterocycles. The highest BCUT2D eigenvalue weighted by Crippen LogP contribution is 2.59. The molecule has 148 valence electrons. The molecule has 2 unspecified atom stereocenters. The fraction of sp³-hybridized carbons (Fsp3) is 0.412. The Morgan fingerprint density at radius 2 is 1.93 bits per heavy atom. The summed E-state index contributed by atoms with van der Waals surface area (Å²) in [6.45, 7) is 1.22. The Hall–Kier alpha value is -2.40. The number of aromatic nitrogens is 4. The molecule has 0 spiro atoms. The zero-order valence-electron chi connectivity index (χ0n) is 14.9. The lowest BCUT2D eigenvalue weighted by molar-refractivity contribution is 0.0661. The second kappa shape index (κ2) is 5.35. The van der Waals surface area contributed by atoms with Crippen LogP contribution in [-0.2, 0) is 17.1 Å². The number of hydrogen-bond donors (Lipinski definition) is 1. The summed E-state index contributed by atoms with van der Waals surface area (Å²) in [7, 11) is -2.36. The van der Waals surface area contributed by atoms with Crippen molar-refractivity contribution in [2.75, 3.05) is 13.1 Å². The first-order chi connectivity index (χ1) is 13.1. The third-order valence-corrected chi connectivity index (χ3v) is 7.40. The Morgan fingerprint density at radius 1 is 1.25 bits per heavy atom. The van der Waals surface area contributed by atoms with Crippen molar-refractivity contribution in [2.45, 2.75) is 17.9 Å². The van der Waals surface area contributed by atoms with Gasteiger partial charge in [0.25, 0.3) is 15.9 Å². The molecule has 0 radical (unpaired) electrons. The summed E-state index contributed by atoms with van der Waals surface area (Å²) in [5.74, 6) is -4.91. The average molecular weight is 411 g/mol. The van der Waals surface area contributed by atoms with E-state index in [2.05, 4.69) is 15.1 Å². The summed E-state index contributed by atoms with van der Waals surface area (Å²) in [5.41, 5.74) is 1.09. The third-order valence-electron chi connectivity index (χ3n) is 5.65. The van der Waals surface area contributed by atoms with Crippen molar-refractivity contribution in [3.63, 3.8) is 0 Å². The normalized spacial score (nSPS) is 24.0. The highest BCUT2D eigenvalue weighted by Gasteiger charge is 2.72. The van der Waals surface area contributed by atoms with Gasteiger partial charge in [-0.1, -0.05) is 0 Å². The van der Waals surface area contributed by atoms with E-state index >= 15 is 0 Å². The molecule has 1 aliphatic carbocycles. The summed E-state index contributed by atoms with van der Waals surface area (Å²) in [4.78, 5) is 6.80. The summed E-state index contributed by atoms with van der Waals surface area (Å²) >= 11 is 0. The third kappa shape index (κ3) is 2.29. The molecule has 28 heavy (non-hydrogen) atoms. The molecule has 11 heteroatoms. The van der Waals surface area contributed by atoms with Gasteiger partial charge in [-0.25, -0.2) is 26.6 Å². The summed E-state index contributed by atoms with van der Waals surface area (Å²) in [5, 5.41) is 4.33. The number of fused-ring (bicyclic) bond motifs is 2. The van der Waals surface area contributed by atoms with E-state index in [1.165, 1.54) is 23.1 Å². The molecule has 2 aliphatic rings. The van der Waals surface area contributed by atoms with Gasteiger partial charge in [-0.05, 0) is 24.6 Å². The zero-order valence-corrected chi connectivity index (χ0v) is 15.8. The van der Waals surface area contributed by atoms with E-state index in [4.69, 9.17) is 0 Å². The lowest BCUT2D eigenvalue weighted by atomic mass is 10.0. The molecule has 2 fully saturated rings. The number of benzene rings is 1. The number of H-pyrrole nitrogens is 1. The van der Waals surface area contributed by atoms with Gasteiger partial charge in [0.1, 0.15) is 17.2 Å². The Kier molecular flexibility index (Phi) is 3.38. The topological polar surface area (TPSA) is 83.9 Å². The number of nitrogens with one attached hydrogen (secondary N) is 1. The van der Waals surface area contributed by atoms with Crippen LogP contribution < -0.4 is 0 Å². The average Bonchev–Trinajstić information content (AvgIpc) is 3.16. The molecule has 0 amide bonds. The van der Waals surface area contributed by atoms with Crippen LogP contribution in [0.1, 0.15) is 5.56 Å². The van der Waals surface area contributed by atoms with Gasteiger partial charge in [0.2, 0.25) is 0 Å². The van der Waals surface area contributed by atoms with Crippen molar-refractivity contribution < 1.29 is 21.6 Å². The second-order valence-electron chi connectivity index (χ2n) is 7.42. The number of rotatable bonds is 3. The first-order valence-corrected chi connectivity index (χ1v) is 10.1. The Labute approximate surface area is 158 Å². The van der Waals surface area contributed by atoms with Crippen molar-refractivity contribution in [1.29, 1.82) is 0 Å². The summed E-state index contributed by atoms with van der Waals surface area (Å²) in [6.07, 6.45) is 1.49. The van der Waals surface area contributed by atoms with E-state index in [9.17, 15) is 21.6 Å². The van der Waals surface area contributed by atoms with Crippen LogP contribution >= 0.6 is 0 Å². The van der Waals surface area contributed by atoms with E-state index in [-0.39, 0.29) is 23.6 Å². The van der Waals surface area contributed by atoms with Crippen molar-refractivity contribution in [3.8, 4) is 11.4 Å². The van der Waals surface area contributed by atoms with Crippen LogP contribution in [0.25, 0.3) is 22.3 Å². The van der Waals surface area contributed by atoms with E-state index < -0.39 is 33.6 Å². The highest BCUT2D eigenvalue weighted by atomic mass is 32.2. The quantitative estimate of drug-likeness (QED) is 0.717. The van der Waals surface area contributed by atoms with Crippen LogP contribution in [0.3, 0.4) is 0 Å². The lowest BCUT2D eigenvalue weighted by Crippen LogP contribution is -2.33. The lowest BCUT2D eigenvalue weighted by Gasteiger charge is -2.18. The van der Waals surface area contributed by atoms with Gasteiger partial charge in [0, 0.05) is 42.9 Å². The number of aryl methyl sites for hydroxylation is 2. The maximum atomic E-state index is 14.5. The monoisotopic (exact) mass is 411 g/mol. The van der Waals surface area contributed by atoms with Gasteiger partial charge in [-0.3, -0.25) is 4.68 Å². The molecule has 1 aliphatic heterocycles.